The van der Waals surface area contributed by atoms with Crippen molar-refractivity contribution in [1.29, 1.82) is 0 Å². The van der Waals surface area contributed by atoms with Crippen LogP contribution in [0.1, 0.15) is 37.1 Å². The summed E-state index contributed by atoms with van der Waals surface area (Å²) in [5.74, 6) is 3.18. The van der Waals surface area contributed by atoms with E-state index < -0.39 is 0 Å². The number of anilines is 1. The molecule has 0 aliphatic heterocycles. The van der Waals surface area contributed by atoms with Crippen LogP contribution in [0, 0.1) is 13.8 Å². The normalized spacial score (nSPS) is 11.5. The van der Waals surface area contributed by atoms with Crippen LogP contribution in [-0.4, -0.2) is 9.97 Å². The molecule has 0 atom stereocenters. The molecule has 2 heterocycles. The lowest BCUT2D eigenvalue weighted by Gasteiger charge is -2.01. The molecule has 0 aliphatic carbocycles. The third-order valence-electron chi connectivity index (χ3n) is 2.42. The summed E-state index contributed by atoms with van der Waals surface area (Å²) in [7, 11) is 0. The van der Waals surface area contributed by atoms with E-state index in [9.17, 15) is 0 Å². The van der Waals surface area contributed by atoms with E-state index >= 15 is 0 Å². The van der Waals surface area contributed by atoms with Gasteiger partial charge in [-0.3, -0.25) is 0 Å². The van der Waals surface area contributed by atoms with Crippen LogP contribution in [0.15, 0.2) is 4.42 Å². The molecule has 2 aromatic rings. The fourth-order valence-electron chi connectivity index (χ4n) is 1.78. The third-order valence-corrected chi connectivity index (χ3v) is 2.42. The van der Waals surface area contributed by atoms with Crippen molar-refractivity contribution in [3.8, 4) is 0 Å². The summed E-state index contributed by atoms with van der Waals surface area (Å²) >= 11 is 0. The molecule has 0 saturated heterocycles. The molecule has 2 aromatic heterocycles. The van der Waals surface area contributed by atoms with E-state index in [0.717, 1.165) is 22.4 Å². The van der Waals surface area contributed by atoms with E-state index in [1.807, 2.05) is 13.8 Å². The Balaban J connectivity index is 2.87. The first-order valence-electron chi connectivity index (χ1n) is 5.03. The van der Waals surface area contributed by atoms with Crippen LogP contribution >= 0.6 is 0 Å². The molecule has 80 valence electrons. The molecule has 0 saturated carbocycles. The van der Waals surface area contributed by atoms with Crippen LogP contribution in [0.4, 0.5) is 5.82 Å². The zero-order chi connectivity index (χ0) is 11.2. The monoisotopic (exact) mass is 205 g/mol. The number of hydrogen-bond acceptors (Lipinski definition) is 4. The Labute approximate surface area is 88.5 Å². The highest BCUT2D eigenvalue weighted by Gasteiger charge is 2.17. The number of nitrogen functional groups attached to an aromatic ring is 1. The Morgan fingerprint density at radius 3 is 2.47 bits per heavy atom. The number of rotatable bonds is 1. The molecule has 2 rings (SSSR count). The van der Waals surface area contributed by atoms with Crippen molar-refractivity contribution < 1.29 is 4.42 Å². The van der Waals surface area contributed by atoms with Crippen LogP contribution in [0.5, 0.6) is 0 Å². The van der Waals surface area contributed by atoms with Crippen LogP contribution in [0.3, 0.4) is 0 Å². The predicted molar refractivity (Wildman–Crippen MR) is 59.8 cm³/mol. The maximum Gasteiger partial charge on any atom is 0.138 e. The average molecular weight is 205 g/mol. The Bertz CT molecular complexity index is 514. The van der Waals surface area contributed by atoms with Gasteiger partial charge in [-0.2, -0.15) is 0 Å². The number of aryl methyl sites for hydroxylation is 2. The fraction of sp³-hybridized carbons (Fsp3) is 0.455. The second kappa shape index (κ2) is 3.22. The van der Waals surface area contributed by atoms with Gasteiger partial charge in [-0.05, 0) is 13.8 Å². The topological polar surface area (TPSA) is 64.9 Å². The lowest BCUT2D eigenvalue weighted by atomic mass is 10.1. The lowest BCUT2D eigenvalue weighted by Crippen LogP contribution is -1.97. The van der Waals surface area contributed by atoms with Crippen molar-refractivity contribution in [2.24, 2.45) is 0 Å². The Morgan fingerprint density at radius 1 is 1.20 bits per heavy atom. The SMILES string of the molecule is Cc1nc(N)c2c(C)oc(C(C)C)c2n1. The molecule has 2 N–H and O–H groups in total. The summed E-state index contributed by atoms with van der Waals surface area (Å²) in [5, 5.41) is 0.851. The van der Waals surface area contributed by atoms with Gasteiger partial charge in [0.05, 0.1) is 5.39 Å². The molecule has 0 unspecified atom stereocenters. The van der Waals surface area contributed by atoms with Crippen LogP contribution in [0.2, 0.25) is 0 Å². The molecule has 4 heteroatoms. The standard InChI is InChI=1S/C11H15N3O/c1-5(2)10-9-8(6(3)15-10)11(12)14-7(4)13-9/h5H,1-4H3,(H2,12,13,14). The quantitative estimate of drug-likeness (QED) is 0.777. The van der Waals surface area contributed by atoms with Crippen LogP contribution in [-0.2, 0) is 0 Å². The van der Waals surface area contributed by atoms with E-state index in [1.165, 1.54) is 0 Å². The smallest absolute Gasteiger partial charge is 0.138 e. The fourth-order valence-corrected chi connectivity index (χ4v) is 1.78. The van der Waals surface area contributed by atoms with E-state index in [4.69, 9.17) is 10.2 Å². The maximum absolute atomic E-state index is 5.86. The van der Waals surface area contributed by atoms with Crippen molar-refractivity contribution in [2.45, 2.75) is 33.6 Å². The van der Waals surface area contributed by atoms with Crippen LogP contribution < -0.4 is 5.73 Å². The Hall–Kier alpha value is -1.58. The summed E-state index contributed by atoms with van der Waals surface area (Å²) in [4.78, 5) is 8.54. The molecule has 0 aromatic carbocycles. The highest BCUT2D eigenvalue weighted by atomic mass is 16.3. The van der Waals surface area contributed by atoms with Crippen molar-refractivity contribution in [2.75, 3.05) is 5.73 Å². The summed E-state index contributed by atoms with van der Waals surface area (Å²) in [5.41, 5.74) is 6.71. The second-order valence-electron chi connectivity index (χ2n) is 4.06. The predicted octanol–water partition coefficient (Wildman–Crippen LogP) is 2.55. The first-order chi connectivity index (χ1) is 7.00. The first kappa shape index (κ1) is 9.96. The van der Waals surface area contributed by atoms with E-state index in [1.54, 1.807) is 0 Å². The van der Waals surface area contributed by atoms with Crippen LogP contribution in [0.25, 0.3) is 10.9 Å². The number of aromatic nitrogens is 2. The molecule has 0 spiro atoms. The summed E-state index contributed by atoms with van der Waals surface area (Å²) in [6.07, 6.45) is 0. The molecule has 0 amide bonds. The molecule has 0 radical (unpaired) electrons. The van der Waals surface area contributed by atoms with E-state index in [0.29, 0.717) is 17.6 Å². The minimum Gasteiger partial charge on any atom is -0.463 e. The van der Waals surface area contributed by atoms with Crippen molar-refractivity contribution in [3.05, 3.63) is 17.3 Å². The van der Waals surface area contributed by atoms with Gasteiger partial charge in [-0.25, -0.2) is 9.97 Å². The van der Waals surface area contributed by atoms with Gasteiger partial charge in [0.2, 0.25) is 0 Å². The van der Waals surface area contributed by atoms with Gasteiger partial charge in [0, 0.05) is 5.92 Å². The second-order valence-corrected chi connectivity index (χ2v) is 4.06. The summed E-state index contributed by atoms with van der Waals surface area (Å²) in [6, 6.07) is 0. The van der Waals surface area contributed by atoms with Gasteiger partial charge in [0.15, 0.2) is 0 Å². The molecule has 0 fully saturated rings. The molecule has 0 aliphatic rings. The molecule has 15 heavy (non-hydrogen) atoms. The van der Waals surface area contributed by atoms with E-state index in [-0.39, 0.29) is 0 Å². The number of hydrogen-bond donors (Lipinski definition) is 1. The van der Waals surface area contributed by atoms with Gasteiger partial charge in [0.25, 0.3) is 0 Å². The van der Waals surface area contributed by atoms with Gasteiger partial charge >= 0.3 is 0 Å². The Morgan fingerprint density at radius 2 is 1.87 bits per heavy atom. The maximum atomic E-state index is 5.86. The molecule has 4 nitrogen and oxygen atoms in total. The largest absolute Gasteiger partial charge is 0.463 e. The van der Waals surface area contributed by atoms with E-state index in [2.05, 4.69) is 23.8 Å². The van der Waals surface area contributed by atoms with Gasteiger partial charge in [0.1, 0.15) is 28.7 Å². The molecular weight excluding hydrogens is 190 g/mol. The van der Waals surface area contributed by atoms with Crippen molar-refractivity contribution in [1.82, 2.24) is 9.97 Å². The zero-order valence-corrected chi connectivity index (χ0v) is 9.46. The first-order valence-corrected chi connectivity index (χ1v) is 5.03. The third kappa shape index (κ3) is 1.46. The zero-order valence-electron chi connectivity index (χ0n) is 9.46. The number of fused-ring (bicyclic) bond motifs is 1. The van der Waals surface area contributed by atoms with Crippen molar-refractivity contribution in [3.63, 3.8) is 0 Å². The number of furan rings is 1. The van der Waals surface area contributed by atoms with Gasteiger partial charge in [-0.1, -0.05) is 13.8 Å². The number of nitrogens with two attached hydrogens (primary N) is 1. The van der Waals surface area contributed by atoms with Gasteiger partial charge in [-0.15, -0.1) is 0 Å². The minimum absolute atomic E-state index is 0.301. The Kier molecular flexibility index (Phi) is 2.14. The van der Waals surface area contributed by atoms with Gasteiger partial charge < -0.3 is 10.2 Å². The summed E-state index contributed by atoms with van der Waals surface area (Å²) < 4.78 is 5.68. The number of nitrogens with zero attached hydrogens (tertiary/aromatic N) is 2. The molecule has 0 bridgehead atoms. The minimum atomic E-state index is 0.301. The van der Waals surface area contributed by atoms with Crippen molar-refractivity contribution >= 4 is 16.7 Å². The highest BCUT2D eigenvalue weighted by molar-refractivity contribution is 5.91. The lowest BCUT2D eigenvalue weighted by molar-refractivity contribution is 0.468. The highest BCUT2D eigenvalue weighted by Crippen LogP contribution is 2.31. The summed E-state index contributed by atoms with van der Waals surface area (Å²) in [6.45, 7) is 7.88. The molecular formula is C11H15N3O. The average Bonchev–Trinajstić information content (AvgIpc) is 2.42.